The van der Waals surface area contributed by atoms with Gasteiger partial charge in [0.2, 0.25) is 0 Å². The Morgan fingerprint density at radius 3 is 2.03 bits per heavy atom. The van der Waals surface area contributed by atoms with Crippen LogP contribution in [-0.4, -0.2) is 25.0 Å². The number of rotatable bonds is 8. The van der Waals surface area contributed by atoms with Crippen LogP contribution in [0, 0.1) is 0 Å². The largest absolute Gasteiger partial charge is 0.467 e. The molecule has 0 radical (unpaired) electrons. The molecule has 29 heavy (non-hydrogen) atoms. The summed E-state index contributed by atoms with van der Waals surface area (Å²) >= 11 is 0. The van der Waals surface area contributed by atoms with Gasteiger partial charge in [0.05, 0.1) is 7.11 Å². The van der Waals surface area contributed by atoms with Crippen molar-refractivity contribution in [2.75, 3.05) is 7.11 Å². The van der Waals surface area contributed by atoms with Crippen LogP contribution in [0.15, 0.2) is 84.9 Å². The van der Waals surface area contributed by atoms with Crippen LogP contribution in [0.3, 0.4) is 0 Å². The number of esters is 1. The summed E-state index contributed by atoms with van der Waals surface area (Å²) in [6.07, 6.45) is 2.14. The molecule has 0 unspecified atom stereocenters. The standard InChI is InChI=1S/C25H25NO3/c1-29-25(28)23(14-8-11-19-9-4-2-5-10-19)26-24(27)22-17-15-21(16-18-22)20-12-6-3-7-13-20/h2-7,9-10,12-13,15-18,23H,8,11,14H2,1H3,(H,26,27)/t23-/m1/s1. The summed E-state index contributed by atoms with van der Waals surface area (Å²) in [4.78, 5) is 24.8. The molecule has 3 aromatic carbocycles. The minimum atomic E-state index is -0.662. The van der Waals surface area contributed by atoms with E-state index in [0.717, 1.165) is 24.0 Å². The molecule has 4 nitrogen and oxygen atoms in total. The van der Waals surface area contributed by atoms with Gasteiger partial charge in [0.1, 0.15) is 6.04 Å². The van der Waals surface area contributed by atoms with E-state index in [1.54, 1.807) is 12.1 Å². The van der Waals surface area contributed by atoms with E-state index in [1.807, 2.05) is 60.7 Å². The lowest BCUT2D eigenvalue weighted by Crippen LogP contribution is -2.41. The van der Waals surface area contributed by atoms with Gasteiger partial charge in [-0.2, -0.15) is 0 Å². The summed E-state index contributed by atoms with van der Waals surface area (Å²) in [6.45, 7) is 0. The van der Waals surface area contributed by atoms with Crippen molar-refractivity contribution in [1.82, 2.24) is 5.32 Å². The quantitative estimate of drug-likeness (QED) is 0.573. The average Bonchev–Trinajstić information content (AvgIpc) is 2.79. The number of nitrogens with one attached hydrogen (secondary N) is 1. The Labute approximate surface area is 171 Å². The van der Waals surface area contributed by atoms with Crippen LogP contribution in [0.5, 0.6) is 0 Å². The zero-order valence-electron chi connectivity index (χ0n) is 16.5. The molecule has 1 atom stereocenters. The molecule has 0 fully saturated rings. The molecule has 0 heterocycles. The molecule has 0 aromatic heterocycles. The van der Waals surface area contributed by atoms with E-state index in [1.165, 1.54) is 12.7 Å². The summed E-state index contributed by atoms with van der Waals surface area (Å²) in [5.74, 6) is -0.702. The molecule has 3 rings (SSSR count). The Morgan fingerprint density at radius 1 is 0.828 bits per heavy atom. The number of ether oxygens (including phenoxy) is 1. The van der Waals surface area contributed by atoms with Crippen LogP contribution < -0.4 is 5.32 Å². The highest BCUT2D eigenvalue weighted by Gasteiger charge is 2.21. The molecule has 0 spiro atoms. The second kappa shape index (κ2) is 10.2. The van der Waals surface area contributed by atoms with Crippen molar-refractivity contribution in [1.29, 1.82) is 0 Å². The first-order valence-corrected chi connectivity index (χ1v) is 9.75. The number of hydrogen-bond donors (Lipinski definition) is 1. The summed E-state index contributed by atoms with van der Waals surface area (Å²) in [5.41, 5.74) is 3.85. The van der Waals surface area contributed by atoms with Crippen molar-refractivity contribution in [3.8, 4) is 11.1 Å². The van der Waals surface area contributed by atoms with E-state index in [9.17, 15) is 9.59 Å². The maximum Gasteiger partial charge on any atom is 0.328 e. The average molecular weight is 387 g/mol. The van der Waals surface area contributed by atoms with E-state index < -0.39 is 12.0 Å². The van der Waals surface area contributed by atoms with E-state index in [-0.39, 0.29) is 5.91 Å². The fourth-order valence-electron chi connectivity index (χ4n) is 3.23. The van der Waals surface area contributed by atoms with Gasteiger partial charge in [0.15, 0.2) is 0 Å². The van der Waals surface area contributed by atoms with Crippen LogP contribution in [0.25, 0.3) is 11.1 Å². The summed E-state index contributed by atoms with van der Waals surface area (Å²) in [7, 11) is 1.34. The van der Waals surface area contributed by atoms with Gasteiger partial charge in [0.25, 0.3) is 5.91 Å². The lowest BCUT2D eigenvalue weighted by Gasteiger charge is -2.16. The normalized spacial score (nSPS) is 11.5. The lowest BCUT2D eigenvalue weighted by molar-refractivity contribution is -0.143. The molecule has 1 N–H and O–H groups in total. The molecule has 0 saturated heterocycles. The number of amides is 1. The molecule has 1 amide bonds. The molecule has 0 bridgehead atoms. The molecule has 4 heteroatoms. The molecular formula is C25H25NO3. The second-order valence-corrected chi connectivity index (χ2v) is 6.87. The molecular weight excluding hydrogens is 362 g/mol. The van der Waals surface area contributed by atoms with Gasteiger partial charge < -0.3 is 10.1 Å². The van der Waals surface area contributed by atoms with E-state index in [0.29, 0.717) is 12.0 Å². The monoisotopic (exact) mass is 387 g/mol. The van der Waals surface area contributed by atoms with Crippen LogP contribution in [0.2, 0.25) is 0 Å². The van der Waals surface area contributed by atoms with Gasteiger partial charge in [0, 0.05) is 5.56 Å². The maximum atomic E-state index is 12.6. The number of methoxy groups -OCH3 is 1. The number of carbonyl (C=O) groups excluding carboxylic acids is 2. The van der Waals surface area contributed by atoms with Crippen molar-refractivity contribution >= 4 is 11.9 Å². The SMILES string of the molecule is COC(=O)[C@@H](CCCc1ccccc1)NC(=O)c1ccc(-c2ccccc2)cc1. The number of hydrogen-bond acceptors (Lipinski definition) is 3. The van der Waals surface area contributed by atoms with E-state index >= 15 is 0 Å². The van der Waals surface area contributed by atoms with E-state index in [2.05, 4.69) is 17.4 Å². The molecule has 3 aromatic rings. The third kappa shape index (κ3) is 5.79. The maximum absolute atomic E-state index is 12.6. The highest BCUT2D eigenvalue weighted by atomic mass is 16.5. The zero-order valence-corrected chi connectivity index (χ0v) is 16.5. The van der Waals surface area contributed by atoms with Crippen molar-refractivity contribution in [2.24, 2.45) is 0 Å². The summed E-state index contributed by atoms with van der Waals surface area (Å²) in [6, 6.07) is 26.8. The second-order valence-electron chi connectivity index (χ2n) is 6.87. The van der Waals surface area contributed by atoms with Crippen molar-refractivity contribution in [3.63, 3.8) is 0 Å². The Hall–Kier alpha value is -3.40. The van der Waals surface area contributed by atoms with Crippen LogP contribution in [0.1, 0.15) is 28.8 Å². The fraction of sp³-hybridized carbons (Fsp3) is 0.200. The molecule has 0 aliphatic heterocycles. The van der Waals surface area contributed by atoms with Crippen molar-refractivity contribution < 1.29 is 14.3 Å². The van der Waals surface area contributed by atoms with Gasteiger partial charge in [-0.15, -0.1) is 0 Å². The van der Waals surface area contributed by atoms with Gasteiger partial charge in [-0.1, -0.05) is 72.8 Å². The predicted molar refractivity (Wildman–Crippen MR) is 115 cm³/mol. The first-order chi connectivity index (χ1) is 14.2. The Kier molecular flexibility index (Phi) is 7.17. The summed E-state index contributed by atoms with van der Waals surface area (Å²) in [5, 5.41) is 2.82. The number of carbonyl (C=O) groups is 2. The summed E-state index contributed by atoms with van der Waals surface area (Å²) < 4.78 is 4.88. The number of benzene rings is 3. The Morgan fingerprint density at radius 2 is 1.41 bits per heavy atom. The minimum Gasteiger partial charge on any atom is -0.467 e. The minimum absolute atomic E-state index is 0.278. The third-order valence-corrected chi connectivity index (χ3v) is 4.85. The number of aryl methyl sites for hydroxylation is 1. The van der Waals surface area contributed by atoms with Crippen LogP contribution in [0.4, 0.5) is 0 Å². The predicted octanol–water partition coefficient (Wildman–Crippen LogP) is 4.65. The van der Waals surface area contributed by atoms with Gasteiger partial charge >= 0.3 is 5.97 Å². The molecule has 148 valence electrons. The third-order valence-electron chi connectivity index (χ3n) is 4.85. The van der Waals surface area contributed by atoms with Gasteiger partial charge in [-0.05, 0) is 48.1 Å². The van der Waals surface area contributed by atoms with Crippen molar-refractivity contribution in [2.45, 2.75) is 25.3 Å². The zero-order chi connectivity index (χ0) is 20.5. The molecule has 0 aliphatic rings. The first-order valence-electron chi connectivity index (χ1n) is 9.75. The fourth-order valence-corrected chi connectivity index (χ4v) is 3.23. The molecule has 0 aliphatic carbocycles. The Balaban J connectivity index is 1.61. The smallest absolute Gasteiger partial charge is 0.328 e. The topological polar surface area (TPSA) is 55.4 Å². The molecule has 0 saturated carbocycles. The first kappa shape index (κ1) is 20.3. The van der Waals surface area contributed by atoms with E-state index in [4.69, 9.17) is 4.74 Å². The van der Waals surface area contributed by atoms with Gasteiger partial charge in [-0.25, -0.2) is 4.79 Å². The highest BCUT2D eigenvalue weighted by Crippen LogP contribution is 2.19. The van der Waals surface area contributed by atoms with Gasteiger partial charge in [-0.3, -0.25) is 4.79 Å². The van der Waals surface area contributed by atoms with Crippen molar-refractivity contribution in [3.05, 3.63) is 96.1 Å². The lowest BCUT2D eigenvalue weighted by atomic mass is 10.0. The van der Waals surface area contributed by atoms with Crippen LogP contribution in [-0.2, 0) is 16.0 Å². The Bertz CT molecular complexity index is 921. The highest BCUT2D eigenvalue weighted by molar-refractivity contribution is 5.97. The van der Waals surface area contributed by atoms with Crippen LogP contribution >= 0.6 is 0 Å².